The number of halogens is 3. The molecule has 0 unspecified atom stereocenters. The minimum absolute atomic E-state index is 0.0143. The molecule has 0 bridgehead atoms. The first kappa shape index (κ1) is 27.6. The largest absolute Gasteiger partial charge is 0.418 e. The standard InChI is InChI=1S/C28H21F3N6O3S/c29-28(30,31)23-13-7-8-14-24(23)37-25(19-9-3-1-4-10-19)33-27(35-37)32-21-17-15-20(16-18-21)26(38)34-36-41(39,40)22-11-5-2-6-12-22/h1-18,36H,(H,32,35)(H,34,38). The van der Waals surface area contributed by atoms with Crippen molar-refractivity contribution >= 4 is 27.6 Å². The van der Waals surface area contributed by atoms with Crippen molar-refractivity contribution in [2.75, 3.05) is 5.32 Å². The quantitative estimate of drug-likeness (QED) is 0.215. The van der Waals surface area contributed by atoms with Crippen molar-refractivity contribution in [2.45, 2.75) is 11.1 Å². The molecule has 208 valence electrons. The Morgan fingerprint density at radius 3 is 2.05 bits per heavy atom. The first-order valence-corrected chi connectivity index (χ1v) is 13.5. The van der Waals surface area contributed by atoms with Crippen LogP contribution in [0.15, 0.2) is 114 Å². The summed E-state index contributed by atoms with van der Waals surface area (Å²) >= 11 is 0. The van der Waals surface area contributed by atoms with Gasteiger partial charge < -0.3 is 5.32 Å². The van der Waals surface area contributed by atoms with Gasteiger partial charge in [-0.1, -0.05) is 60.7 Å². The zero-order chi connectivity index (χ0) is 29.0. The van der Waals surface area contributed by atoms with Crippen LogP contribution in [0.4, 0.5) is 24.8 Å². The molecule has 41 heavy (non-hydrogen) atoms. The average molecular weight is 579 g/mol. The number of hydrogen-bond acceptors (Lipinski definition) is 6. The van der Waals surface area contributed by atoms with E-state index in [1.54, 1.807) is 48.5 Å². The highest BCUT2D eigenvalue weighted by molar-refractivity contribution is 7.89. The highest BCUT2D eigenvalue weighted by Gasteiger charge is 2.34. The lowest BCUT2D eigenvalue weighted by atomic mass is 10.1. The van der Waals surface area contributed by atoms with Gasteiger partial charge in [-0.25, -0.2) is 13.1 Å². The lowest BCUT2D eigenvalue weighted by Gasteiger charge is -2.13. The van der Waals surface area contributed by atoms with Gasteiger partial charge in [0.2, 0.25) is 5.95 Å². The summed E-state index contributed by atoms with van der Waals surface area (Å²) in [6, 6.07) is 27.2. The molecule has 0 aliphatic heterocycles. The number of benzene rings is 4. The number of alkyl halides is 3. The highest BCUT2D eigenvalue weighted by Crippen LogP contribution is 2.35. The Hall–Kier alpha value is -5.01. The topological polar surface area (TPSA) is 118 Å². The number of carbonyl (C=O) groups is 1. The van der Waals surface area contributed by atoms with Crippen molar-refractivity contribution in [3.05, 3.63) is 120 Å². The van der Waals surface area contributed by atoms with E-state index in [1.165, 1.54) is 54.6 Å². The first-order valence-electron chi connectivity index (χ1n) is 12.1. The molecule has 0 fully saturated rings. The van der Waals surface area contributed by atoms with Crippen molar-refractivity contribution in [3.63, 3.8) is 0 Å². The Bertz CT molecular complexity index is 1780. The van der Waals surface area contributed by atoms with Gasteiger partial charge in [-0.3, -0.25) is 10.2 Å². The predicted molar refractivity (Wildman–Crippen MR) is 146 cm³/mol. The van der Waals surface area contributed by atoms with E-state index in [0.717, 1.165) is 10.7 Å². The minimum Gasteiger partial charge on any atom is -0.323 e. The number of rotatable bonds is 8. The lowest BCUT2D eigenvalue weighted by molar-refractivity contribution is -0.137. The molecular formula is C28H21F3N6O3S. The summed E-state index contributed by atoms with van der Waals surface area (Å²) in [6.07, 6.45) is -4.62. The molecular weight excluding hydrogens is 557 g/mol. The second-order valence-electron chi connectivity index (χ2n) is 8.63. The second-order valence-corrected chi connectivity index (χ2v) is 10.3. The number of para-hydroxylation sites is 1. The molecule has 1 aromatic heterocycles. The molecule has 0 aliphatic carbocycles. The Morgan fingerprint density at radius 2 is 1.39 bits per heavy atom. The molecule has 5 aromatic rings. The molecule has 0 radical (unpaired) electrons. The van der Waals surface area contributed by atoms with Crippen LogP contribution in [0.5, 0.6) is 0 Å². The molecule has 9 nitrogen and oxygen atoms in total. The van der Waals surface area contributed by atoms with Crippen LogP contribution in [0, 0.1) is 0 Å². The van der Waals surface area contributed by atoms with Gasteiger partial charge in [0, 0.05) is 16.8 Å². The fourth-order valence-corrected chi connectivity index (χ4v) is 4.74. The number of amides is 1. The smallest absolute Gasteiger partial charge is 0.323 e. The van der Waals surface area contributed by atoms with Gasteiger partial charge in [-0.05, 0) is 48.5 Å². The van der Waals surface area contributed by atoms with Crippen LogP contribution < -0.4 is 15.6 Å². The van der Waals surface area contributed by atoms with E-state index in [4.69, 9.17) is 0 Å². The molecule has 1 heterocycles. The second kappa shape index (κ2) is 11.2. The van der Waals surface area contributed by atoms with Crippen molar-refractivity contribution in [2.24, 2.45) is 0 Å². The molecule has 0 aliphatic rings. The number of nitrogens with zero attached hydrogens (tertiary/aromatic N) is 3. The van der Waals surface area contributed by atoms with E-state index in [9.17, 15) is 26.4 Å². The van der Waals surface area contributed by atoms with Crippen molar-refractivity contribution in [1.82, 2.24) is 25.0 Å². The van der Waals surface area contributed by atoms with Crippen LogP contribution in [0.2, 0.25) is 0 Å². The molecule has 0 atom stereocenters. The van der Waals surface area contributed by atoms with Crippen molar-refractivity contribution < 1.29 is 26.4 Å². The summed E-state index contributed by atoms with van der Waals surface area (Å²) in [5.74, 6) is -0.492. The number of carbonyl (C=O) groups excluding carboxylic acids is 1. The van der Waals surface area contributed by atoms with Crippen LogP contribution in [0.3, 0.4) is 0 Å². The summed E-state index contributed by atoms with van der Waals surface area (Å²) < 4.78 is 67.1. The zero-order valence-corrected chi connectivity index (χ0v) is 21.8. The van der Waals surface area contributed by atoms with E-state index >= 15 is 0 Å². The Morgan fingerprint density at radius 1 is 0.780 bits per heavy atom. The van der Waals surface area contributed by atoms with Gasteiger partial charge in [0.25, 0.3) is 15.9 Å². The van der Waals surface area contributed by atoms with Crippen LogP contribution >= 0.6 is 0 Å². The van der Waals surface area contributed by atoms with Gasteiger partial charge in [-0.2, -0.15) is 18.2 Å². The van der Waals surface area contributed by atoms with E-state index in [-0.39, 0.29) is 27.9 Å². The molecule has 1 amide bonds. The molecule has 5 rings (SSSR count). The third-order valence-corrected chi connectivity index (χ3v) is 7.10. The molecule has 4 aromatic carbocycles. The summed E-state index contributed by atoms with van der Waals surface area (Å²) in [5.41, 5.74) is 2.23. The van der Waals surface area contributed by atoms with Gasteiger partial charge in [-0.15, -0.1) is 9.93 Å². The number of aromatic nitrogens is 3. The average Bonchev–Trinajstić information content (AvgIpc) is 3.40. The number of hydrazine groups is 1. The highest BCUT2D eigenvalue weighted by atomic mass is 32.2. The van der Waals surface area contributed by atoms with E-state index < -0.39 is 27.7 Å². The minimum atomic E-state index is -4.62. The van der Waals surface area contributed by atoms with E-state index in [1.807, 2.05) is 4.83 Å². The van der Waals surface area contributed by atoms with Crippen molar-refractivity contribution in [1.29, 1.82) is 0 Å². The maximum Gasteiger partial charge on any atom is 0.418 e. The summed E-state index contributed by atoms with van der Waals surface area (Å²) in [5, 5.41) is 7.25. The van der Waals surface area contributed by atoms with Gasteiger partial charge in [0.1, 0.15) is 0 Å². The van der Waals surface area contributed by atoms with Crippen LogP contribution in [0.25, 0.3) is 17.1 Å². The normalized spacial score (nSPS) is 11.7. The molecule has 0 spiro atoms. The Labute approximate surface area is 232 Å². The molecule has 0 saturated heterocycles. The zero-order valence-electron chi connectivity index (χ0n) is 21.0. The fourth-order valence-electron chi connectivity index (χ4n) is 3.88. The van der Waals surface area contributed by atoms with Crippen LogP contribution in [-0.4, -0.2) is 29.1 Å². The number of sulfonamides is 1. The SMILES string of the molecule is O=C(NNS(=O)(=O)c1ccccc1)c1ccc(Nc2nc(-c3ccccc3)n(-c3ccccc3C(F)(F)F)n2)cc1. The van der Waals surface area contributed by atoms with Crippen LogP contribution in [-0.2, 0) is 16.2 Å². The third-order valence-electron chi connectivity index (χ3n) is 5.83. The summed E-state index contributed by atoms with van der Waals surface area (Å²) in [6.45, 7) is 0. The summed E-state index contributed by atoms with van der Waals surface area (Å²) in [7, 11) is -3.96. The monoisotopic (exact) mass is 578 g/mol. The Kier molecular flexibility index (Phi) is 7.55. The Balaban J connectivity index is 1.37. The fraction of sp³-hybridized carbons (Fsp3) is 0.0357. The maximum atomic E-state index is 13.8. The van der Waals surface area contributed by atoms with Gasteiger partial charge in [0.15, 0.2) is 5.82 Å². The lowest BCUT2D eigenvalue weighted by Crippen LogP contribution is -2.41. The first-order chi connectivity index (χ1) is 19.6. The van der Waals surface area contributed by atoms with E-state index in [0.29, 0.717) is 11.3 Å². The van der Waals surface area contributed by atoms with Crippen molar-refractivity contribution in [3.8, 4) is 17.1 Å². The molecule has 0 saturated carbocycles. The maximum absolute atomic E-state index is 13.8. The number of hydrogen-bond donors (Lipinski definition) is 3. The molecule has 13 heteroatoms. The number of nitrogens with one attached hydrogen (secondary N) is 3. The number of anilines is 2. The third kappa shape index (κ3) is 6.26. The summed E-state index contributed by atoms with van der Waals surface area (Å²) in [4.78, 5) is 18.9. The molecule has 3 N–H and O–H groups in total. The van der Waals surface area contributed by atoms with E-state index in [2.05, 4.69) is 20.8 Å². The predicted octanol–water partition coefficient (Wildman–Crippen LogP) is 5.32. The van der Waals surface area contributed by atoms with Crippen LogP contribution in [0.1, 0.15) is 15.9 Å². The van der Waals surface area contributed by atoms with Gasteiger partial charge >= 0.3 is 6.18 Å². The van der Waals surface area contributed by atoms with Gasteiger partial charge in [0.05, 0.1) is 16.1 Å².